The van der Waals surface area contributed by atoms with Crippen LogP contribution < -0.4 is 9.64 Å². The van der Waals surface area contributed by atoms with Crippen LogP contribution in [0, 0.1) is 6.92 Å². The van der Waals surface area contributed by atoms with E-state index in [0.717, 1.165) is 4.47 Å². The predicted molar refractivity (Wildman–Crippen MR) is 113 cm³/mol. The number of ether oxygens (including phenoxy) is 1. The largest absolute Gasteiger partial charge is 0.507 e. The Kier molecular flexibility index (Phi) is 5.17. The van der Waals surface area contributed by atoms with Gasteiger partial charge in [-0.15, -0.1) is 0 Å². The van der Waals surface area contributed by atoms with E-state index in [1.54, 1.807) is 61.5 Å². The van der Waals surface area contributed by atoms with E-state index in [9.17, 15) is 14.7 Å². The summed E-state index contributed by atoms with van der Waals surface area (Å²) in [6.45, 7) is 1.69. The molecule has 3 aromatic rings. The summed E-state index contributed by atoms with van der Waals surface area (Å²) in [5.41, 5.74) is 0.901. The molecule has 152 valence electrons. The first-order valence-corrected chi connectivity index (χ1v) is 9.85. The molecule has 0 saturated carbocycles. The highest BCUT2D eigenvalue weighted by Gasteiger charge is 2.49. The summed E-state index contributed by atoms with van der Waals surface area (Å²) in [6, 6.07) is 14.4. The number of aryl methyl sites for hydroxylation is 1. The van der Waals surface area contributed by atoms with Gasteiger partial charge in [-0.3, -0.25) is 14.5 Å². The Labute approximate surface area is 180 Å². The van der Waals surface area contributed by atoms with E-state index in [-0.39, 0.29) is 17.2 Å². The van der Waals surface area contributed by atoms with E-state index in [0.29, 0.717) is 22.6 Å². The maximum atomic E-state index is 13.0. The number of hydrogen-bond donors (Lipinski definition) is 1. The van der Waals surface area contributed by atoms with Gasteiger partial charge in [0.1, 0.15) is 23.3 Å². The Balaban J connectivity index is 1.98. The lowest BCUT2D eigenvalue weighted by molar-refractivity contribution is -0.132. The molecular weight excluding hydrogens is 452 g/mol. The molecule has 2 heterocycles. The van der Waals surface area contributed by atoms with Crippen LogP contribution in [0.1, 0.15) is 22.9 Å². The third-order valence-electron chi connectivity index (χ3n) is 4.86. The average molecular weight is 469 g/mol. The molecule has 0 radical (unpaired) electrons. The number of aromatic nitrogens is 1. The Morgan fingerprint density at radius 1 is 1.17 bits per heavy atom. The predicted octanol–water partition coefficient (Wildman–Crippen LogP) is 4.38. The van der Waals surface area contributed by atoms with Crippen molar-refractivity contribution in [3.05, 3.63) is 81.5 Å². The molecule has 2 aromatic carbocycles. The Morgan fingerprint density at radius 2 is 1.87 bits per heavy atom. The summed E-state index contributed by atoms with van der Waals surface area (Å²) in [4.78, 5) is 27.3. The molecule has 30 heavy (non-hydrogen) atoms. The van der Waals surface area contributed by atoms with Gasteiger partial charge in [0.25, 0.3) is 5.78 Å². The van der Waals surface area contributed by atoms with Gasteiger partial charge in [-0.25, -0.2) is 0 Å². The van der Waals surface area contributed by atoms with E-state index in [1.165, 1.54) is 12.0 Å². The maximum absolute atomic E-state index is 13.0. The molecule has 1 aliphatic heterocycles. The van der Waals surface area contributed by atoms with Crippen molar-refractivity contribution in [1.82, 2.24) is 5.16 Å². The number of hydrogen-bond acceptors (Lipinski definition) is 6. The summed E-state index contributed by atoms with van der Waals surface area (Å²) in [5, 5.41) is 15.0. The Hall–Kier alpha value is -3.39. The fourth-order valence-electron chi connectivity index (χ4n) is 3.49. The molecule has 1 aliphatic rings. The van der Waals surface area contributed by atoms with Gasteiger partial charge < -0.3 is 14.4 Å². The summed E-state index contributed by atoms with van der Waals surface area (Å²) in [7, 11) is 1.50. The third-order valence-corrected chi connectivity index (χ3v) is 5.39. The Morgan fingerprint density at radius 3 is 2.50 bits per heavy atom. The highest BCUT2D eigenvalue weighted by molar-refractivity contribution is 9.10. The lowest BCUT2D eigenvalue weighted by Gasteiger charge is -2.24. The highest BCUT2D eigenvalue weighted by atomic mass is 79.9. The van der Waals surface area contributed by atoms with Crippen LogP contribution in [-0.4, -0.2) is 29.1 Å². The van der Waals surface area contributed by atoms with Crippen LogP contribution in [0.5, 0.6) is 5.75 Å². The summed E-state index contributed by atoms with van der Waals surface area (Å²) in [5.74, 6) is -0.764. The molecule has 7 nitrogen and oxygen atoms in total. The smallest absolute Gasteiger partial charge is 0.301 e. The van der Waals surface area contributed by atoms with Crippen molar-refractivity contribution in [2.24, 2.45) is 0 Å². The molecule has 8 heteroatoms. The van der Waals surface area contributed by atoms with E-state index in [2.05, 4.69) is 21.1 Å². The minimum Gasteiger partial charge on any atom is -0.507 e. The van der Waals surface area contributed by atoms with Crippen molar-refractivity contribution in [1.29, 1.82) is 0 Å². The zero-order valence-electron chi connectivity index (χ0n) is 16.1. The van der Waals surface area contributed by atoms with Crippen molar-refractivity contribution >= 4 is 39.2 Å². The number of halogens is 1. The molecule has 4 rings (SSSR count). The van der Waals surface area contributed by atoms with Crippen molar-refractivity contribution in [2.75, 3.05) is 12.0 Å². The second-order valence-corrected chi connectivity index (χ2v) is 7.63. The number of ketones is 1. The summed E-state index contributed by atoms with van der Waals surface area (Å²) >= 11 is 3.35. The molecule has 1 fully saturated rings. The highest BCUT2D eigenvalue weighted by Crippen LogP contribution is 2.44. The Bertz CT molecular complexity index is 1170. The average Bonchev–Trinajstić information content (AvgIpc) is 3.29. The molecule has 0 bridgehead atoms. The van der Waals surface area contributed by atoms with Crippen LogP contribution in [0.25, 0.3) is 5.76 Å². The molecular formula is C22H17BrN2O5. The van der Waals surface area contributed by atoms with Gasteiger partial charge in [0, 0.05) is 21.7 Å². The number of rotatable bonds is 4. The molecule has 1 atom stereocenters. The first-order valence-electron chi connectivity index (χ1n) is 9.05. The van der Waals surface area contributed by atoms with Gasteiger partial charge >= 0.3 is 5.91 Å². The van der Waals surface area contributed by atoms with E-state index >= 15 is 0 Å². The number of aliphatic hydroxyl groups is 1. The molecule has 0 spiro atoms. The number of aliphatic hydroxyl groups excluding tert-OH is 1. The van der Waals surface area contributed by atoms with Gasteiger partial charge in [-0.05, 0) is 25.1 Å². The minimum absolute atomic E-state index is 0.0486. The molecule has 1 unspecified atom stereocenters. The number of Topliss-reactive ketones (excluding diaryl/α,β-unsaturated/α-hetero) is 1. The number of benzene rings is 2. The maximum Gasteiger partial charge on any atom is 0.301 e. The van der Waals surface area contributed by atoms with Gasteiger partial charge in [0.05, 0.1) is 12.7 Å². The number of para-hydroxylation sites is 1. The minimum atomic E-state index is -0.936. The van der Waals surface area contributed by atoms with Crippen molar-refractivity contribution in [2.45, 2.75) is 13.0 Å². The second-order valence-electron chi connectivity index (χ2n) is 6.71. The lowest BCUT2D eigenvalue weighted by Crippen LogP contribution is -2.29. The first-order chi connectivity index (χ1) is 14.4. The fraction of sp³-hybridized carbons (Fsp3) is 0.136. The van der Waals surface area contributed by atoms with Crippen LogP contribution >= 0.6 is 15.9 Å². The van der Waals surface area contributed by atoms with Gasteiger partial charge in [0.15, 0.2) is 5.82 Å². The quantitative estimate of drug-likeness (QED) is 0.347. The van der Waals surface area contributed by atoms with Crippen LogP contribution in [0.4, 0.5) is 5.82 Å². The number of methoxy groups -OCH3 is 1. The normalized spacial score (nSPS) is 18.1. The number of carbonyl (C=O) groups excluding carboxylic acids is 2. The zero-order chi connectivity index (χ0) is 21.4. The van der Waals surface area contributed by atoms with Crippen molar-refractivity contribution < 1.29 is 24.0 Å². The van der Waals surface area contributed by atoms with E-state index in [1.807, 2.05) is 0 Å². The van der Waals surface area contributed by atoms with E-state index < -0.39 is 17.7 Å². The SMILES string of the molecule is COc1ccccc1C1/C(=C(\O)c2ccc(Br)cc2)C(=O)C(=O)N1c1cc(C)on1. The first kappa shape index (κ1) is 19.9. The van der Waals surface area contributed by atoms with Crippen LogP contribution in [0.15, 0.2) is 69.2 Å². The van der Waals surface area contributed by atoms with Crippen LogP contribution in [0.2, 0.25) is 0 Å². The number of anilines is 1. The van der Waals surface area contributed by atoms with E-state index in [4.69, 9.17) is 9.26 Å². The van der Waals surface area contributed by atoms with Crippen LogP contribution in [0.3, 0.4) is 0 Å². The molecule has 1 aromatic heterocycles. The molecule has 1 N–H and O–H groups in total. The van der Waals surface area contributed by atoms with Gasteiger partial charge in [-0.1, -0.05) is 51.4 Å². The molecule has 0 aliphatic carbocycles. The lowest BCUT2D eigenvalue weighted by atomic mass is 9.94. The monoisotopic (exact) mass is 468 g/mol. The zero-order valence-corrected chi connectivity index (χ0v) is 17.7. The summed E-state index contributed by atoms with van der Waals surface area (Å²) in [6.07, 6.45) is 0. The topological polar surface area (TPSA) is 92.9 Å². The van der Waals surface area contributed by atoms with Crippen molar-refractivity contribution in [3.8, 4) is 5.75 Å². The van der Waals surface area contributed by atoms with Crippen molar-refractivity contribution in [3.63, 3.8) is 0 Å². The summed E-state index contributed by atoms with van der Waals surface area (Å²) < 4.78 is 11.4. The number of nitrogens with zero attached hydrogens (tertiary/aromatic N) is 2. The third kappa shape index (κ3) is 3.29. The second kappa shape index (κ2) is 7.79. The van der Waals surface area contributed by atoms with Crippen LogP contribution in [-0.2, 0) is 9.59 Å². The fourth-order valence-corrected chi connectivity index (χ4v) is 3.75. The molecule has 1 amide bonds. The standard InChI is InChI=1S/C22H17BrN2O5/c1-12-11-17(24-30-12)25-19(15-5-3-4-6-16(15)29-2)18(21(27)22(25)28)20(26)13-7-9-14(23)10-8-13/h3-11,19,26H,1-2H3/b20-18+. The van der Waals surface area contributed by atoms with Gasteiger partial charge in [0.2, 0.25) is 0 Å². The number of amides is 1. The molecule has 1 saturated heterocycles. The van der Waals surface area contributed by atoms with Gasteiger partial charge in [-0.2, -0.15) is 0 Å². The number of carbonyl (C=O) groups is 2.